The fourth-order valence-electron chi connectivity index (χ4n) is 2.60. The van der Waals surface area contributed by atoms with Crippen LogP contribution >= 0.6 is 22.9 Å². The molecule has 5 nitrogen and oxygen atoms in total. The summed E-state index contributed by atoms with van der Waals surface area (Å²) in [6, 6.07) is 14.6. The Kier molecular flexibility index (Phi) is 4.36. The first-order chi connectivity index (χ1) is 12.6. The topological polar surface area (TPSA) is 64.4 Å². The molecule has 0 radical (unpaired) electrons. The van der Waals surface area contributed by atoms with Crippen LogP contribution in [-0.2, 0) is 0 Å². The van der Waals surface area contributed by atoms with E-state index in [1.54, 1.807) is 24.3 Å². The minimum Gasteiger partial charge on any atom is -0.493 e. The second-order valence-corrected chi connectivity index (χ2v) is 6.79. The Hall–Kier alpha value is -2.83. The summed E-state index contributed by atoms with van der Waals surface area (Å²) in [6.07, 6.45) is 0. The first-order valence-corrected chi connectivity index (χ1v) is 8.99. The van der Waals surface area contributed by atoms with Crippen LogP contribution in [0.5, 0.6) is 5.75 Å². The maximum atomic E-state index is 12.4. The van der Waals surface area contributed by atoms with E-state index < -0.39 is 5.63 Å². The summed E-state index contributed by atoms with van der Waals surface area (Å²) in [7, 11) is 1.54. The molecule has 130 valence electrons. The van der Waals surface area contributed by atoms with Crippen LogP contribution in [0, 0.1) is 0 Å². The minimum absolute atomic E-state index is 0.404. The maximum absolute atomic E-state index is 12.4. The molecule has 2 aromatic heterocycles. The number of hydrogen-bond acceptors (Lipinski definition) is 6. The van der Waals surface area contributed by atoms with Crippen LogP contribution in [0.25, 0.3) is 22.2 Å². The fourth-order valence-corrected chi connectivity index (χ4v) is 3.52. The van der Waals surface area contributed by atoms with Crippen molar-refractivity contribution in [2.45, 2.75) is 0 Å². The van der Waals surface area contributed by atoms with Gasteiger partial charge in [0, 0.05) is 21.5 Å². The summed E-state index contributed by atoms with van der Waals surface area (Å²) >= 11 is 7.39. The van der Waals surface area contributed by atoms with Gasteiger partial charge in [-0.2, -0.15) is 0 Å². The van der Waals surface area contributed by atoms with Crippen molar-refractivity contribution in [3.8, 4) is 17.0 Å². The molecule has 4 aromatic rings. The van der Waals surface area contributed by atoms with Gasteiger partial charge in [-0.15, -0.1) is 11.3 Å². The van der Waals surface area contributed by atoms with Crippen molar-refractivity contribution in [2.24, 2.45) is 0 Å². The number of benzene rings is 2. The largest absolute Gasteiger partial charge is 0.493 e. The molecule has 0 bridgehead atoms. The van der Waals surface area contributed by atoms with Gasteiger partial charge in [0.15, 0.2) is 16.5 Å². The highest BCUT2D eigenvalue weighted by Gasteiger charge is 2.13. The SMILES string of the molecule is COc1cccc2cc(-c3csc(Nc4cccc(Cl)c4)n3)c(=O)oc12. The van der Waals surface area contributed by atoms with Crippen LogP contribution < -0.4 is 15.7 Å². The summed E-state index contributed by atoms with van der Waals surface area (Å²) in [6.45, 7) is 0. The van der Waals surface area contributed by atoms with E-state index in [0.717, 1.165) is 11.1 Å². The number of nitrogens with zero attached hydrogens (tertiary/aromatic N) is 1. The van der Waals surface area contributed by atoms with E-state index in [-0.39, 0.29) is 0 Å². The molecule has 26 heavy (non-hydrogen) atoms. The van der Waals surface area contributed by atoms with Crippen molar-refractivity contribution in [1.29, 1.82) is 0 Å². The van der Waals surface area contributed by atoms with Crippen LogP contribution in [0.4, 0.5) is 10.8 Å². The molecule has 2 heterocycles. The van der Waals surface area contributed by atoms with Gasteiger partial charge in [-0.1, -0.05) is 29.8 Å². The van der Waals surface area contributed by atoms with Gasteiger partial charge in [0.05, 0.1) is 18.4 Å². The number of thiazole rings is 1. The summed E-state index contributed by atoms with van der Waals surface area (Å²) in [5, 5.41) is 7.06. The van der Waals surface area contributed by atoms with E-state index in [0.29, 0.717) is 32.7 Å². The third kappa shape index (κ3) is 3.16. The zero-order valence-electron chi connectivity index (χ0n) is 13.7. The Morgan fingerprint density at radius 2 is 2.04 bits per heavy atom. The van der Waals surface area contributed by atoms with Gasteiger partial charge in [-0.05, 0) is 30.3 Å². The predicted octanol–water partition coefficient (Wildman–Crippen LogP) is 5.32. The lowest BCUT2D eigenvalue weighted by Crippen LogP contribution is -2.03. The van der Waals surface area contributed by atoms with Gasteiger partial charge in [0.1, 0.15) is 0 Å². The molecular weight excluding hydrogens is 372 g/mol. The van der Waals surface area contributed by atoms with E-state index in [2.05, 4.69) is 10.3 Å². The molecule has 0 saturated heterocycles. The monoisotopic (exact) mass is 384 g/mol. The second kappa shape index (κ2) is 6.82. The lowest BCUT2D eigenvalue weighted by molar-refractivity contribution is 0.407. The number of halogens is 1. The summed E-state index contributed by atoms with van der Waals surface area (Å²) in [5.41, 5.74) is 1.76. The summed E-state index contributed by atoms with van der Waals surface area (Å²) < 4.78 is 10.7. The van der Waals surface area contributed by atoms with Gasteiger partial charge in [0.25, 0.3) is 0 Å². The number of hydrogen-bond donors (Lipinski definition) is 1. The lowest BCUT2D eigenvalue weighted by Gasteiger charge is -2.04. The van der Waals surface area contributed by atoms with E-state index in [9.17, 15) is 4.79 Å². The molecule has 0 atom stereocenters. The normalized spacial score (nSPS) is 10.8. The maximum Gasteiger partial charge on any atom is 0.345 e. The van der Waals surface area contributed by atoms with Crippen molar-refractivity contribution in [2.75, 3.05) is 12.4 Å². The molecule has 1 N–H and O–H groups in total. The van der Waals surface area contributed by atoms with Crippen LogP contribution in [0.15, 0.2) is 63.1 Å². The molecule has 0 aliphatic heterocycles. The summed E-state index contributed by atoms with van der Waals surface area (Å²) in [5.74, 6) is 0.521. The predicted molar refractivity (Wildman–Crippen MR) is 105 cm³/mol. The molecule has 7 heteroatoms. The molecule has 0 amide bonds. The Balaban J connectivity index is 1.71. The van der Waals surface area contributed by atoms with E-state index >= 15 is 0 Å². The third-order valence-electron chi connectivity index (χ3n) is 3.80. The average Bonchev–Trinajstić information content (AvgIpc) is 3.09. The zero-order chi connectivity index (χ0) is 18.1. The molecule has 2 aromatic carbocycles. The highest BCUT2D eigenvalue weighted by Crippen LogP contribution is 2.30. The number of ether oxygens (including phenoxy) is 1. The van der Waals surface area contributed by atoms with Gasteiger partial charge < -0.3 is 14.5 Å². The number of anilines is 2. The Morgan fingerprint density at radius 1 is 1.19 bits per heavy atom. The number of rotatable bonds is 4. The molecule has 0 fully saturated rings. The first-order valence-electron chi connectivity index (χ1n) is 7.73. The van der Waals surface area contributed by atoms with Crippen LogP contribution in [0.1, 0.15) is 0 Å². The molecule has 4 rings (SSSR count). The molecule has 0 saturated carbocycles. The lowest BCUT2D eigenvalue weighted by atomic mass is 10.1. The van der Waals surface area contributed by atoms with E-state index in [4.69, 9.17) is 20.8 Å². The average molecular weight is 385 g/mol. The standard InChI is InChI=1S/C19H13ClN2O3S/c1-24-16-7-2-4-11-8-14(18(23)25-17(11)16)15-10-26-19(22-15)21-13-6-3-5-12(20)9-13/h2-10H,1H3,(H,21,22). The van der Waals surface area contributed by atoms with Gasteiger partial charge in [-0.25, -0.2) is 9.78 Å². The van der Waals surface area contributed by atoms with Crippen molar-refractivity contribution in [3.05, 3.63) is 69.4 Å². The van der Waals surface area contributed by atoms with E-state index in [1.165, 1.54) is 18.4 Å². The molecular formula is C19H13ClN2O3S. The Labute approximate surface area is 157 Å². The fraction of sp³-hybridized carbons (Fsp3) is 0.0526. The van der Waals surface area contributed by atoms with Gasteiger partial charge in [-0.3, -0.25) is 0 Å². The van der Waals surface area contributed by atoms with Gasteiger partial charge >= 0.3 is 5.63 Å². The van der Waals surface area contributed by atoms with Crippen molar-refractivity contribution in [1.82, 2.24) is 4.98 Å². The molecule has 0 spiro atoms. The minimum atomic E-state index is -0.457. The highest BCUT2D eigenvalue weighted by molar-refractivity contribution is 7.14. The van der Waals surface area contributed by atoms with Crippen molar-refractivity contribution >= 4 is 44.7 Å². The van der Waals surface area contributed by atoms with Crippen molar-refractivity contribution < 1.29 is 9.15 Å². The number of para-hydroxylation sites is 1. The Morgan fingerprint density at radius 3 is 2.85 bits per heavy atom. The number of nitrogens with one attached hydrogen (secondary N) is 1. The zero-order valence-corrected chi connectivity index (χ0v) is 15.2. The molecule has 0 aliphatic rings. The highest BCUT2D eigenvalue weighted by atomic mass is 35.5. The van der Waals surface area contributed by atoms with Gasteiger partial charge in [0.2, 0.25) is 0 Å². The summed E-state index contributed by atoms with van der Waals surface area (Å²) in [4.78, 5) is 16.9. The third-order valence-corrected chi connectivity index (χ3v) is 4.79. The Bertz CT molecular complexity index is 1150. The quantitative estimate of drug-likeness (QED) is 0.482. The van der Waals surface area contributed by atoms with Crippen LogP contribution in [0.2, 0.25) is 5.02 Å². The van der Waals surface area contributed by atoms with Crippen molar-refractivity contribution in [3.63, 3.8) is 0 Å². The number of aromatic nitrogens is 1. The number of methoxy groups -OCH3 is 1. The van der Waals surface area contributed by atoms with Crippen LogP contribution in [-0.4, -0.2) is 12.1 Å². The molecule has 0 unspecified atom stereocenters. The smallest absolute Gasteiger partial charge is 0.345 e. The van der Waals surface area contributed by atoms with Crippen LogP contribution in [0.3, 0.4) is 0 Å². The molecule has 0 aliphatic carbocycles. The van der Waals surface area contributed by atoms with E-state index in [1.807, 2.05) is 29.6 Å². The number of fused-ring (bicyclic) bond motifs is 1. The first kappa shape index (κ1) is 16.6. The second-order valence-electron chi connectivity index (χ2n) is 5.50.